The number of unbranched alkanes of at least 4 members (excludes halogenated alkanes) is 1. The van der Waals surface area contributed by atoms with E-state index in [9.17, 15) is 19.2 Å². The summed E-state index contributed by atoms with van der Waals surface area (Å²) in [6.45, 7) is 3.65. The summed E-state index contributed by atoms with van der Waals surface area (Å²) in [5.41, 5.74) is 5.90. The highest BCUT2D eigenvalue weighted by atomic mass is 16.5. The van der Waals surface area contributed by atoms with Gasteiger partial charge in [-0.3, -0.25) is 9.59 Å². The average molecular weight is 393 g/mol. The molecule has 0 aliphatic heterocycles. The summed E-state index contributed by atoms with van der Waals surface area (Å²) in [5, 5.41) is 4.69. The summed E-state index contributed by atoms with van der Waals surface area (Å²) >= 11 is 0. The zero-order chi connectivity index (χ0) is 20.9. The molecule has 28 heavy (non-hydrogen) atoms. The van der Waals surface area contributed by atoms with Crippen molar-refractivity contribution >= 4 is 23.9 Å². The fourth-order valence-corrected chi connectivity index (χ4v) is 2.13. The summed E-state index contributed by atoms with van der Waals surface area (Å²) in [7, 11) is 0. The first-order chi connectivity index (χ1) is 13.3. The molecule has 0 radical (unpaired) electrons. The van der Waals surface area contributed by atoms with E-state index in [1.54, 1.807) is 24.3 Å². The lowest BCUT2D eigenvalue weighted by Gasteiger charge is -2.19. The molecule has 1 rings (SSSR count). The smallest absolute Gasteiger partial charge is 0.408 e. The number of benzene rings is 1. The number of rotatable bonds is 11. The maximum Gasteiger partial charge on any atom is 0.408 e. The highest BCUT2D eigenvalue weighted by Gasteiger charge is 2.27. The molecule has 154 valence electrons. The van der Waals surface area contributed by atoms with Crippen molar-refractivity contribution in [2.75, 3.05) is 6.61 Å². The van der Waals surface area contributed by atoms with Crippen molar-refractivity contribution in [3.05, 3.63) is 35.9 Å². The number of ether oxygens (including phenoxy) is 2. The maximum atomic E-state index is 12.3. The highest BCUT2D eigenvalue weighted by molar-refractivity contribution is 5.92. The van der Waals surface area contributed by atoms with E-state index in [0.29, 0.717) is 6.42 Å². The Labute approximate surface area is 163 Å². The number of carbonyl (C=O) groups excluding carboxylic acids is 4. The molecule has 0 bridgehead atoms. The summed E-state index contributed by atoms with van der Waals surface area (Å²) in [4.78, 5) is 47.4. The molecule has 2 atom stereocenters. The van der Waals surface area contributed by atoms with E-state index in [0.717, 1.165) is 12.0 Å². The topological polar surface area (TPSA) is 137 Å². The number of hydrogen-bond donors (Lipinski definition) is 3. The van der Waals surface area contributed by atoms with Gasteiger partial charge in [0.1, 0.15) is 18.7 Å². The molecule has 9 nitrogen and oxygen atoms in total. The Morgan fingerprint density at radius 3 is 2.36 bits per heavy atom. The molecule has 0 saturated heterocycles. The molecule has 0 aliphatic rings. The first-order valence-corrected chi connectivity index (χ1v) is 9.06. The van der Waals surface area contributed by atoms with Gasteiger partial charge in [-0.15, -0.1) is 0 Å². The quantitative estimate of drug-likeness (QED) is 0.379. The van der Waals surface area contributed by atoms with Gasteiger partial charge >= 0.3 is 12.1 Å². The van der Waals surface area contributed by atoms with Crippen molar-refractivity contribution in [2.24, 2.45) is 5.73 Å². The van der Waals surface area contributed by atoms with Crippen LogP contribution in [0.1, 0.15) is 38.7 Å². The minimum atomic E-state index is -1.27. The predicted octanol–water partition coefficient (Wildman–Crippen LogP) is 1.00. The van der Waals surface area contributed by atoms with E-state index >= 15 is 0 Å². The number of nitrogens with one attached hydrogen (secondary N) is 2. The van der Waals surface area contributed by atoms with Crippen LogP contribution in [0.4, 0.5) is 4.79 Å². The Kier molecular flexibility index (Phi) is 10.1. The van der Waals surface area contributed by atoms with Crippen LogP contribution in [0.2, 0.25) is 0 Å². The van der Waals surface area contributed by atoms with Gasteiger partial charge in [0, 0.05) is 0 Å². The van der Waals surface area contributed by atoms with Crippen molar-refractivity contribution in [1.82, 2.24) is 10.6 Å². The molecule has 1 aromatic rings. The average Bonchev–Trinajstić information content (AvgIpc) is 2.66. The van der Waals surface area contributed by atoms with Gasteiger partial charge in [0.05, 0.1) is 13.0 Å². The van der Waals surface area contributed by atoms with Crippen LogP contribution in [0.3, 0.4) is 0 Å². The number of amides is 3. The van der Waals surface area contributed by atoms with Gasteiger partial charge in [0.15, 0.2) is 0 Å². The van der Waals surface area contributed by atoms with Crippen molar-refractivity contribution in [1.29, 1.82) is 0 Å². The number of primary amides is 1. The molecule has 0 saturated carbocycles. The van der Waals surface area contributed by atoms with Crippen LogP contribution in [0.5, 0.6) is 0 Å². The minimum absolute atomic E-state index is 0.00224. The second-order valence-corrected chi connectivity index (χ2v) is 6.18. The molecule has 0 unspecified atom stereocenters. The van der Waals surface area contributed by atoms with Crippen molar-refractivity contribution in [3.8, 4) is 0 Å². The fraction of sp³-hybridized carbons (Fsp3) is 0.474. The number of carbonyl (C=O) groups is 4. The molecular formula is C19H27N3O6. The van der Waals surface area contributed by atoms with Gasteiger partial charge in [0.25, 0.3) is 0 Å². The molecular weight excluding hydrogens is 366 g/mol. The minimum Gasteiger partial charge on any atom is -0.464 e. The summed E-state index contributed by atoms with van der Waals surface area (Å²) in [6, 6.07) is 6.74. The van der Waals surface area contributed by atoms with Crippen LogP contribution in [-0.4, -0.2) is 42.6 Å². The SMILES string of the molecule is CCCCOC(=O)[C@H](C)NC(=O)[C@H](CC(N)=O)NC(=O)OCc1ccccc1. The Hall–Kier alpha value is -3.10. The lowest BCUT2D eigenvalue weighted by atomic mass is 10.1. The predicted molar refractivity (Wildman–Crippen MR) is 101 cm³/mol. The Morgan fingerprint density at radius 2 is 1.75 bits per heavy atom. The van der Waals surface area contributed by atoms with Gasteiger partial charge in [-0.25, -0.2) is 9.59 Å². The normalized spacial score (nSPS) is 12.4. The second-order valence-electron chi connectivity index (χ2n) is 6.18. The van der Waals surface area contributed by atoms with Crippen LogP contribution in [0.15, 0.2) is 30.3 Å². The van der Waals surface area contributed by atoms with E-state index in [-0.39, 0.29) is 13.2 Å². The molecule has 1 aromatic carbocycles. The summed E-state index contributed by atoms with van der Waals surface area (Å²) < 4.78 is 10.1. The number of hydrogen-bond acceptors (Lipinski definition) is 6. The van der Waals surface area contributed by atoms with E-state index in [1.807, 2.05) is 13.0 Å². The van der Waals surface area contributed by atoms with Crippen LogP contribution in [-0.2, 0) is 30.5 Å². The van der Waals surface area contributed by atoms with Gasteiger partial charge in [-0.05, 0) is 18.9 Å². The molecule has 0 aliphatic carbocycles. The first-order valence-electron chi connectivity index (χ1n) is 9.06. The van der Waals surface area contributed by atoms with Crippen LogP contribution in [0, 0.1) is 0 Å². The Bertz CT molecular complexity index is 665. The number of alkyl carbamates (subject to hydrolysis) is 1. The third-order valence-corrected chi connectivity index (χ3v) is 3.68. The molecule has 0 fully saturated rings. The number of nitrogens with two attached hydrogens (primary N) is 1. The largest absolute Gasteiger partial charge is 0.464 e. The molecule has 0 aromatic heterocycles. The van der Waals surface area contributed by atoms with E-state index in [2.05, 4.69) is 10.6 Å². The van der Waals surface area contributed by atoms with E-state index < -0.39 is 42.4 Å². The molecule has 4 N–H and O–H groups in total. The fourth-order valence-electron chi connectivity index (χ4n) is 2.13. The van der Waals surface area contributed by atoms with E-state index in [4.69, 9.17) is 15.2 Å². The Balaban J connectivity index is 2.57. The lowest BCUT2D eigenvalue weighted by molar-refractivity contribution is -0.147. The van der Waals surface area contributed by atoms with Crippen molar-refractivity contribution in [2.45, 2.75) is 51.8 Å². The molecule has 0 heterocycles. The second kappa shape index (κ2) is 12.3. The number of esters is 1. The maximum absolute atomic E-state index is 12.3. The van der Waals surface area contributed by atoms with Gasteiger partial charge < -0.3 is 25.8 Å². The summed E-state index contributed by atoms with van der Waals surface area (Å²) in [5.74, 6) is -2.14. The summed E-state index contributed by atoms with van der Waals surface area (Å²) in [6.07, 6.45) is 0.252. The first kappa shape index (κ1) is 22.9. The van der Waals surface area contributed by atoms with Gasteiger partial charge in [0.2, 0.25) is 11.8 Å². The monoisotopic (exact) mass is 393 g/mol. The highest BCUT2D eigenvalue weighted by Crippen LogP contribution is 2.02. The zero-order valence-corrected chi connectivity index (χ0v) is 16.1. The van der Waals surface area contributed by atoms with Gasteiger partial charge in [-0.2, -0.15) is 0 Å². The third kappa shape index (κ3) is 9.02. The standard InChI is InChI=1S/C19H27N3O6/c1-3-4-10-27-18(25)13(2)21-17(24)15(11-16(20)23)22-19(26)28-12-14-8-6-5-7-9-14/h5-9,13,15H,3-4,10-12H2,1-2H3,(H2,20,23)(H,21,24)(H,22,26)/t13-,15-/m0/s1. The molecule has 3 amide bonds. The zero-order valence-electron chi connectivity index (χ0n) is 16.1. The van der Waals surface area contributed by atoms with Crippen LogP contribution < -0.4 is 16.4 Å². The van der Waals surface area contributed by atoms with E-state index in [1.165, 1.54) is 6.92 Å². The van der Waals surface area contributed by atoms with Crippen LogP contribution in [0.25, 0.3) is 0 Å². The Morgan fingerprint density at radius 1 is 1.07 bits per heavy atom. The lowest BCUT2D eigenvalue weighted by Crippen LogP contribution is -2.52. The van der Waals surface area contributed by atoms with Gasteiger partial charge in [-0.1, -0.05) is 43.7 Å². The van der Waals surface area contributed by atoms with Crippen molar-refractivity contribution in [3.63, 3.8) is 0 Å². The molecule has 9 heteroatoms. The molecule has 0 spiro atoms. The van der Waals surface area contributed by atoms with Crippen LogP contribution >= 0.6 is 0 Å². The van der Waals surface area contributed by atoms with Crippen molar-refractivity contribution < 1.29 is 28.7 Å². The third-order valence-electron chi connectivity index (χ3n) is 3.68.